The van der Waals surface area contributed by atoms with Gasteiger partial charge in [0.1, 0.15) is 17.1 Å². The second kappa shape index (κ2) is 11.2. The first kappa shape index (κ1) is 29.5. The van der Waals surface area contributed by atoms with Gasteiger partial charge >= 0.3 is 0 Å². The fourth-order valence-electron chi connectivity index (χ4n) is 9.39. The zero-order chi connectivity index (χ0) is 31.8. The minimum Gasteiger partial charge on any atom is -0.455 e. The molecule has 7 heteroatoms. The summed E-state index contributed by atoms with van der Waals surface area (Å²) in [4.78, 5) is 27.7. The van der Waals surface area contributed by atoms with Gasteiger partial charge in [-0.05, 0) is 96.6 Å². The van der Waals surface area contributed by atoms with Crippen LogP contribution in [0.1, 0.15) is 85.8 Å². The van der Waals surface area contributed by atoms with Crippen LogP contribution in [0.25, 0.3) is 11.0 Å². The molecule has 244 valence electrons. The van der Waals surface area contributed by atoms with E-state index in [0.717, 1.165) is 42.0 Å². The Kier molecular flexibility index (Phi) is 7.02. The fourth-order valence-corrected chi connectivity index (χ4v) is 9.39. The van der Waals surface area contributed by atoms with Crippen molar-refractivity contribution in [1.82, 2.24) is 19.8 Å². The maximum absolute atomic E-state index is 11.9. The molecule has 1 atom stereocenters. The second-order valence-corrected chi connectivity index (χ2v) is 15.8. The molecule has 1 N–H and O–H groups in total. The zero-order valence-electron chi connectivity index (χ0n) is 27.8. The second-order valence-electron chi connectivity index (χ2n) is 15.8. The van der Waals surface area contributed by atoms with Crippen LogP contribution in [0.3, 0.4) is 0 Å². The molecule has 2 saturated heterocycles. The van der Waals surface area contributed by atoms with E-state index in [9.17, 15) is 4.79 Å². The first-order chi connectivity index (χ1) is 22.9. The molecule has 0 amide bonds. The first-order valence-electron chi connectivity index (χ1n) is 17.9. The van der Waals surface area contributed by atoms with Gasteiger partial charge in [0.15, 0.2) is 6.29 Å². The van der Waals surface area contributed by atoms with Gasteiger partial charge in [0.25, 0.3) is 0 Å². The predicted molar refractivity (Wildman–Crippen MR) is 186 cm³/mol. The third-order valence-electron chi connectivity index (χ3n) is 12.6. The Balaban J connectivity index is 0.872. The number of nitrogens with zero attached hydrogens (tertiary/aromatic N) is 4. The summed E-state index contributed by atoms with van der Waals surface area (Å²) >= 11 is 0. The van der Waals surface area contributed by atoms with Crippen molar-refractivity contribution in [1.29, 1.82) is 0 Å². The van der Waals surface area contributed by atoms with Gasteiger partial charge in [-0.3, -0.25) is 14.6 Å². The summed E-state index contributed by atoms with van der Waals surface area (Å²) in [5.74, 6) is 2.82. The number of aromatic amines is 1. The molecule has 5 aliphatic rings. The highest BCUT2D eigenvalue weighted by atomic mass is 16.5. The molecule has 2 aliphatic heterocycles. The molecular weight excluding hydrogens is 582 g/mol. The van der Waals surface area contributed by atoms with Crippen LogP contribution in [0.4, 0.5) is 5.69 Å². The molecule has 47 heavy (non-hydrogen) atoms. The van der Waals surface area contributed by atoms with E-state index in [1.807, 2.05) is 30.5 Å². The van der Waals surface area contributed by atoms with Crippen LogP contribution in [-0.4, -0.2) is 71.4 Å². The maximum Gasteiger partial charge on any atom is 0.153 e. The minimum atomic E-state index is 0.453. The predicted octanol–water partition coefficient (Wildman–Crippen LogP) is 7.81. The Morgan fingerprint density at radius 1 is 1.00 bits per heavy atom. The fraction of sp³-hybridized carbons (Fsp3) is 0.500. The lowest BCUT2D eigenvalue weighted by Crippen LogP contribution is -2.60. The Bertz CT molecular complexity index is 1790. The largest absolute Gasteiger partial charge is 0.455 e. The third-order valence-corrected chi connectivity index (χ3v) is 12.6. The Hall–Kier alpha value is -3.68. The molecule has 2 aromatic carbocycles. The normalized spacial score (nSPS) is 27.2. The van der Waals surface area contributed by atoms with E-state index in [1.165, 1.54) is 70.3 Å². The highest BCUT2D eigenvalue weighted by Gasteiger charge is 2.69. The molecule has 4 heterocycles. The lowest BCUT2D eigenvalue weighted by molar-refractivity contribution is -0.0629. The molecule has 3 saturated carbocycles. The van der Waals surface area contributed by atoms with Gasteiger partial charge in [-0.2, -0.15) is 0 Å². The smallest absolute Gasteiger partial charge is 0.153 e. The van der Waals surface area contributed by atoms with Crippen molar-refractivity contribution >= 4 is 23.0 Å². The summed E-state index contributed by atoms with van der Waals surface area (Å²) in [6, 6.07) is 20.4. The number of pyridine rings is 1. The number of piperazine rings is 1. The number of aromatic nitrogens is 2. The lowest BCUT2D eigenvalue weighted by Gasteiger charge is -2.58. The maximum atomic E-state index is 11.9. The van der Waals surface area contributed by atoms with Crippen molar-refractivity contribution < 1.29 is 9.53 Å². The van der Waals surface area contributed by atoms with Gasteiger partial charge in [-0.25, -0.2) is 4.98 Å². The summed E-state index contributed by atoms with van der Waals surface area (Å²) in [6.45, 7) is 11.7. The number of aldehydes is 1. The van der Waals surface area contributed by atoms with Gasteiger partial charge < -0.3 is 14.6 Å². The van der Waals surface area contributed by atoms with Crippen LogP contribution >= 0.6 is 0 Å². The lowest BCUT2D eigenvalue weighted by atomic mass is 9.59. The number of piperidine rings is 1. The standard InChI is InChI=1S/C40H47N5O2/c1-27(2)34-5-3-4-6-35(34)36-24-43(26-40-19-30(40)20-40)15-16-45(36)32-21-39(22-32)10-13-44(14-11-39)31-8-7-29(25-46)37(18-31)47-33-17-28-9-12-41-38(28)42-23-33/h3-9,12,17-18,23,25,27,30,32,36H,10-11,13-16,19-22,24,26H2,1-2H3,(H,41,42). The van der Waals surface area contributed by atoms with Crippen LogP contribution in [0, 0.1) is 16.7 Å². The van der Waals surface area contributed by atoms with E-state index in [2.05, 4.69) is 68.8 Å². The number of carbonyl (C=O) groups excluding carboxylic acids is 1. The average molecular weight is 630 g/mol. The highest BCUT2D eigenvalue weighted by Crippen LogP contribution is 2.75. The average Bonchev–Trinajstić information content (AvgIpc) is 3.87. The van der Waals surface area contributed by atoms with E-state index in [0.29, 0.717) is 45.9 Å². The van der Waals surface area contributed by atoms with E-state index < -0.39 is 0 Å². The van der Waals surface area contributed by atoms with Crippen LogP contribution in [0.15, 0.2) is 67.0 Å². The number of hydrogen-bond donors (Lipinski definition) is 1. The number of nitrogens with one attached hydrogen (secondary N) is 1. The third kappa shape index (κ3) is 5.36. The van der Waals surface area contributed by atoms with Gasteiger partial charge in [0.2, 0.25) is 0 Å². The van der Waals surface area contributed by atoms with Crippen LogP contribution < -0.4 is 9.64 Å². The number of anilines is 1. The molecule has 2 aromatic heterocycles. The summed E-state index contributed by atoms with van der Waals surface area (Å²) in [6.07, 6.45) is 12.5. The van der Waals surface area contributed by atoms with Gasteiger partial charge in [-0.15, -0.1) is 0 Å². The zero-order valence-corrected chi connectivity index (χ0v) is 27.8. The number of ether oxygens (including phenoxy) is 1. The molecule has 1 spiro atoms. The summed E-state index contributed by atoms with van der Waals surface area (Å²) < 4.78 is 6.23. The van der Waals surface area contributed by atoms with Crippen molar-refractivity contribution in [2.45, 2.75) is 70.4 Å². The molecule has 9 rings (SSSR count). The van der Waals surface area contributed by atoms with Crippen molar-refractivity contribution in [2.75, 3.05) is 44.2 Å². The Labute approximate surface area is 278 Å². The molecule has 5 fully saturated rings. The van der Waals surface area contributed by atoms with Crippen molar-refractivity contribution in [3.05, 3.63) is 83.7 Å². The molecule has 7 nitrogen and oxygen atoms in total. The molecule has 3 aliphatic carbocycles. The molecular formula is C40H47N5O2. The highest BCUT2D eigenvalue weighted by molar-refractivity contribution is 5.81. The number of rotatable bonds is 9. The van der Waals surface area contributed by atoms with Crippen molar-refractivity contribution in [2.24, 2.45) is 16.7 Å². The number of hydrogen-bond acceptors (Lipinski definition) is 6. The van der Waals surface area contributed by atoms with Crippen LogP contribution in [-0.2, 0) is 0 Å². The Morgan fingerprint density at radius 3 is 2.57 bits per heavy atom. The van der Waals surface area contributed by atoms with E-state index in [4.69, 9.17) is 4.74 Å². The molecule has 1 unspecified atom stereocenters. The SMILES string of the molecule is CC(C)c1ccccc1C1CN(CC23CC2C3)CCN1C1CC2(CCN(c3ccc(C=O)c(Oc4cnc5[nH]ccc5c4)c3)CC2)C1. The number of H-pyrrole nitrogens is 1. The van der Waals surface area contributed by atoms with Crippen molar-refractivity contribution in [3.63, 3.8) is 0 Å². The summed E-state index contributed by atoms with van der Waals surface area (Å²) in [7, 11) is 0. The quantitative estimate of drug-likeness (QED) is 0.191. The van der Waals surface area contributed by atoms with Crippen molar-refractivity contribution in [3.8, 4) is 11.5 Å². The Morgan fingerprint density at radius 2 is 1.81 bits per heavy atom. The molecule has 0 radical (unpaired) electrons. The topological polar surface area (TPSA) is 64.7 Å². The number of benzene rings is 2. The van der Waals surface area contributed by atoms with Gasteiger partial charge in [0, 0.05) is 74.7 Å². The molecule has 4 aromatic rings. The van der Waals surface area contributed by atoms with Crippen LogP contribution in [0.2, 0.25) is 0 Å². The van der Waals surface area contributed by atoms with E-state index in [-0.39, 0.29) is 0 Å². The first-order valence-corrected chi connectivity index (χ1v) is 17.9. The van der Waals surface area contributed by atoms with Crippen LogP contribution in [0.5, 0.6) is 11.5 Å². The van der Waals surface area contributed by atoms with E-state index in [1.54, 1.807) is 11.8 Å². The monoisotopic (exact) mass is 629 g/mol. The van der Waals surface area contributed by atoms with E-state index >= 15 is 0 Å². The minimum absolute atomic E-state index is 0.453. The number of fused-ring (bicyclic) bond motifs is 2. The number of carbonyl (C=O) groups is 1. The molecule has 0 bridgehead atoms. The van der Waals surface area contributed by atoms with Gasteiger partial charge in [-0.1, -0.05) is 38.1 Å². The summed E-state index contributed by atoms with van der Waals surface area (Å²) in [5.41, 5.74) is 6.78. The van der Waals surface area contributed by atoms with Gasteiger partial charge in [0.05, 0.1) is 11.8 Å². The summed E-state index contributed by atoms with van der Waals surface area (Å²) in [5, 5.41) is 0.984.